The molecule has 2 bridgehead atoms. The van der Waals surface area contributed by atoms with Crippen LogP contribution in [0.15, 0.2) is 64.8 Å². The zero-order valence-corrected chi connectivity index (χ0v) is 33.1. The molecule has 9 nitrogen and oxygen atoms in total. The lowest BCUT2D eigenvalue weighted by Crippen LogP contribution is -2.43. The third-order valence-corrected chi connectivity index (χ3v) is 10.5. The lowest BCUT2D eigenvalue weighted by Gasteiger charge is -2.51. The van der Waals surface area contributed by atoms with E-state index < -0.39 is 5.41 Å². The van der Waals surface area contributed by atoms with Crippen LogP contribution >= 0.6 is 0 Å². The molecule has 3 aliphatic rings. The first kappa shape index (κ1) is 42.9. The molecule has 9 heteroatoms. The number of anilines is 1. The van der Waals surface area contributed by atoms with Crippen molar-refractivity contribution in [2.24, 2.45) is 0 Å². The molecule has 0 aromatic heterocycles. The molecule has 4 rings (SSSR count). The molecule has 52 heavy (non-hydrogen) atoms. The standard InChI is InChI=1S/C43H65N3O6/c1-8-11-12-13-14-15-18-40(48)44-35-19-20-37-39(31-35)43(34(5)36(16-9-2)42(37)33(4)38(43)17-10-3)22-21-41(49)46(7)24-26-51-28-30-52-29-27-50-25-23-45(6)32-47/h9-10,16-17,19-20,31-32,42H,8,11-15,18,21-30H2,1-7H3,(H,44,48)/b16-9-,17-10-. The van der Waals surface area contributed by atoms with Crippen molar-refractivity contribution in [2.45, 2.75) is 104 Å². The van der Waals surface area contributed by atoms with Crippen molar-refractivity contribution < 1.29 is 28.6 Å². The van der Waals surface area contributed by atoms with E-state index in [1.807, 2.05) is 13.1 Å². The summed E-state index contributed by atoms with van der Waals surface area (Å²) < 4.78 is 16.8. The maximum Gasteiger partial charge on any atom is 0.224 e. The molecule has 0 saturated carbocycles. The predicted molar refractivity (Wildman–Crippen MR) is 211 cm³/mol. The van der Waals surface area contributed by atoms with Gasteiger partial charge in [-0.1, -0.05) is 80.5 Å². The SMILES string of the molecule is C/C=C\C1=C(C)C2(CCC(=O)N(C)CCOCCOCCOCCN(C)C=O)C(/C=C\C)=C(C)C1c1ccc(NC(=O)CCCCCCCC)cc12. The van der Waals surface area contributed by atoms with E-state index in [4.69, 9.17) is 14.2 Å². The highest BCUT2D eigenvalue weighted by atomic mass is 16.5. The number of hydrogen-bond acceptors (Lipinski definition) is 6. The van der Waals surface area contributed by atoms with Gasteiger partial charge in [0.25, 0.3) is 0 Å². The lowest BCUT2D eigenvalue weighted by atomic mass is 9.51. The van der Waals surface area contributed by atoms with Crippen LogP contribution < -0.4 is 5.32 Å². The number of benzene rings is 1. The second kappa shape index (κ2) is 22.5. The molecule has 2 atom stereocenters. The molecule has 288 valence electrons. The van der Waals surface area contributed by atoms with Gasteiger partial charge >= 0.3 is 0 Å². The minimum absolute atomic E-state index is 0.0583. The summed E-state index contributed by atoms with van der Waals surface area (Å²) in [6.07, 6.45) is 17.9. The summed E-state index contributed by atoms with van der Waals surface area (Å²) in [5.41, 5.74) is 7.92. The molecule has 3 aliphatic carbocycles. The summed E-state index contributed by atoms with van der Waals surface area (Å²) in [6.45, 7) is 14.5. The van der Waals surface area contributed by atoms with E-state index >= 15 is 0 Å². The Bertz CT molecular complexity index is 1450. The summed E-state index contributed by atoms with van der Waals surface area (Å²) in [5.74, 6) is 0.264. The van der Waals surface area contributed by atoms with Crippen LogP contribution in [0.1, 0.15) is 109 Å². The van der Waals surface area contributed by atoms with Gasteiger partial charge in [0.1, 0.15) is 0 Å². The summed E-state index contributed by atoms with van der Waals surface area (Å²) in [6, 6.07) is 6.42. The number of amides is 3. The van der Waals surface area contributed by atoms with E-state index in [0.717, 1.165) is 24.9 Å². The smallest absolute Gasteiger partial charge is 0.224 e. The van der Waals surface area contributed by atoms with Gasteiger partial charge in [0.05, 0.1) is 39.6 Å². The van der Waals surface area contributed by atoms with Crippen molar-refractivity contribution in [3.05, 3.63) is 75.9 Å². The molecule has 0 radical (unpaired) electrons. The Labute approximate surface area is 313 Å². The number of carbonyl (C=O) groups is 3. The van der Waals surface area contributed by atoms with E-state index in [2.05, 4.69) is 76.4 Å². The largest absolute Gasteiger partial charge is 0.377 e. The highest BCUT2D eigenvalue weighted by Crippen LogP contribution is 2.61. The van der Waals surface area contributed by atoms with Gasteiger partial charge in [-0.25, -0.2) is 0 Å². The van der Waals surface area contributed by atoms with Crippen LogP contribution in [0.25, 0.3) is 0 Å². The summed E-state index contributed by atoms with van der Waals surface area (Å²) in [4.78, 5) is 40.6. The van der Waals surface area contributed by atoms with Crippen molar-refractivity contribution in [3.63, 3.8) is 0 Å². The fraction of sp³-hybridized carbons (Fsp3) is 0.605. The zero-order chi connectivity index (χ0) is 37.9. The molecule has 0 saturated heterocycles. The van der Waals surface area contributed by atoms with E-state index in [1.165, 1.54) is 64.0 Å². The fourth-order valence-electron chi connectivity index (χ4n) is 7.60. The van der Waals surface area contributed by atoms with Gasteiger partial charge in [-0.15, -0.1) is 0 Å². The minimum atomic E-state index is -0.492. The maximum absolute atomic E-state index is 13.7. The number of nitrogens with one attached hydrogen (secondary N) is 1. The fourth-order valence-corrected chi connectivity index (χ4v) is 7.60. The molecule has 1 aromatic rings. The maximum atomic E-state index is 13.7. The average molecular weight is 720 g/mol. The Morgan fingerprint density at radius 3 is 2.13 bits per heavy atom. The number of hydrogen-bond donors (Lipinski definition) is 1. The van der Waals surface area contributed by atoms with E-state index in [1.54, 1.807) is 11.9 Å². The number of unbranched alkanes of at least 4 members (excludes halogenated alkanes) is 5. The first-order valence-electron chi connectivity index (χ1n) is 19.4. The number of rotatable bonds is 26. The van der Waals surface area contributed by atoms with Crippen molar-refractivity contribution in [1.82, 2.24) is 9.80 Å². The Hall–Kier alpha value is -3.53. The molecule has 2 unspecified atom stereocenters. The Morgan fingerprint density at radius 1 is 0.846 bits per heavy atom. The van der Waals surface area contributed by atoms with Crippen molar-refractivity contribution >= 4 is 23.9 Å². The van der Waals surface area contributed by atoms with Crippen LogP contribution in [0.5, 0.6) is 0 Å². The van der Waals surface area contributed by atoms with E-state index in [0.29, 0.717) is 72.0 Å². The Kier molecular flexibility index (Phi) is 18.6. The highest BCUT2D eigenvalue weighted by molar-refractivity contribution is 5.91. The van der Waals surface area contributed by atoms with Crippen LogP contribution in [0.4, 0.5) is 5.69 Å². The molecule has 1 N–H and O–H groups in total. The van der Waals surface area contributed by atoms with Gasteiger partial charge < -0.3 is 29.3 Å². The van der Waals surface area contributed by atoms with Crippen LogP contribution in [0, 0.1) is 0 Å². The molecule has 1 aromatic carbocycles. The monoisotopic (exact) mass is 719 g/mol. The van der Waals surface area contributed by atoms with Gasteiger partial charge in [0.2, 0.25) is 18.2 Å². The number of nitrogens with zero attached hydrogens (tertiary/aromatic N) is 2. The van der Waals surface area contributed by atoms with Crippen LogP contribution in [0.2, 0.25) is 0 Å². The number of likely N-dealkylation sites (N-methyl/N-ethyl adjacent to an activating group) is 2. The number of ether oxygens (including phenoxy) is 3. The summed E-state index contributed by atoms with van der Waals surface area (Å²) in [7, 11) is 3.55. The van der Waals surface area contributed by atoms with Crippen molar-refractivity contribution in [3.8, 4) is 0 Å². The molecule has 0 aliphatic heterocycles. The van der Waals surface area contributed by atoms with Gasteiger partial charge in [-0.2, -0.15) is 0 Å². The Morgan fingerprint density at radius 2 is 1.48 bits per heavy atom. The molecule has 0 heterocycles. The normalized spacial score (nSPS) is 18.1. The van der Waals surface area contributed by atoms with Crippen LogP contribution in [-0.2, 0) is 34.0 Å². The Balaban J connectivity index is 1.66. The van der Waals surface area contributed by atoms with Gasteiger partial charge in [0.15, 0.2) is 0 Å². The summed E-state index contributed by atoms with van der Waals surface area (Å²) >= 11 is 0. The second-order valence-corrected chi connectivity index (χ2v) is 14.1. The molecule has 0 spiro atoms. The van der Waals surface area contributed by atoms with E-state index in [9.17, 15) is 14.4 Å². The predicted octanol–water partition coefficient (Wildman–Crippen LogP) is 7.89. The molecule has 0 fully saturated rings. The quantitative estimate of drug-likeness (QED) is 0.0773. The van der Waals surface area contributed by atoms with Crippen LogP contribution in [0.3, 0.4) is 0 Å². The molecular formula is C43H65N3O6. The lowest BCUT2D eigenvalue weighted by molar-refractivity contribution is -0.131. The first-order valence-corrected chi connectivity index (χ1v) is 19.4. The van der Waals surface area contributed by atoms with Gasteiger partial charge in [-0.3, -0.25) is 14.4 Å². The van der Waals surface area contributed by atoms with Crippen LogP contribution in [-0.4, -0.2) is 94.9 Å². The second-order valence-electron chi connectivity index (χ2n) is 14.1. The van der Waals surface area contributed by atoms with Crippen molar-refractivity contribution in [1.29, 1.82) is 0 Å². The average Bonchev–Trinajstić information content (AvgIpc) is 3.13. The highest BCUT2D eigenvalue weighted by Gasteiger charge is 2.50. The minimum Gasteiger partial charge on any atom is -0.377 e. The number of allylic oxidation sites excluding steroid dienone is 8. The topological polar surface area (TPSA) is 97.4 Å². The van der Waals surface area contributed by atoms with Crippen molar-refractivity contribution in [2.75, 3.05) is 72.1 Å². The third kappa shape index (κ3) is 11.5. The summed E-state index contributed by atoms with van der Waals surface area (Å²) in [5, 5.41) is 3.20. The third-order valence-electron chi connectivity index (χ3n) is 10.5. The zero-order valence-electron chi connectivity index (χ0n) is 33.1. The van der Waals surface area contributed by atoms with Gasteiger partial charge in [0, 0.05) is 57.0 Å². The molecular weight excluding hydrogens is 654 g/mol. The molecule has 3 amide bonds. The van der Waals surface area contributed by atoms with Gasteiger partial charge in [-0.05, 0) is 74.9 Å². The number of carbonyl (C=O) groups excluding carboxylic acids is 3. The first-order chi connectivity index (χ1) is 25.2. The van der Waals surface area contributed by atoms with E-state index in [-0.39, 0.29) is 17.7 Å².